The van der Waals surface area contributed by atoms with Crippen LogP contribution in [-0.4, -0.2) is 62.6 Å². The van der Waals surface area contributed by atoms with Gasteiger partial charge in [0.15, 0.2) is 0 Å². The number of nitrogens with zero attached hydrogens (tertiary/aromatic N) is 2. The molecule has 1 saturated carbocycles. The minimum atomic E-state index is -3.25. The maximum atomic E-state index is 12.1. The van der Waals surface area contributed by atoms with Gasteiger partial charge in [0.05, 0.1) is 5.25 Å². The third-order valence-corrected chi connectivity index (χ3v) is 6.23. The summed E-state index contributed by atoms with van der Waals surface area (Å²) in [5, 5.41) is -0.508. The van der Waals surface area contributed by atoms with E-state index in [4.69, 9.17) is 5.73 Å². The molecule has 0 spiro atoms. The molecule has 0 aromatic heterocycles. The lowest BCUT2D eigenvalue weighted by Gasteiger charge is -2.49. The van der Waals surface area contributed by atoms with E-state index in [-0.39, 0.29) is 12.1 Å². The van der Waals surface area contributed by atoms with Crippen molar-refractivity contribution in [3.05, 3.63) is 0 Å². The van der Waals surface area contributed by atoms with Crippen molar-refractivity contribution < 1.29 is 8.42 Å². The molecule has 0 amide bonds. The summed E-state index contributed by atoms with van der Waals surface area (Å²) in [7, 11) is 2.45. The van der Waals surface area contributed by atoms with Crippen LogP contribution in [0.15, 0.2) is 0 Å². The number of hydrogen-bond acceptors (Lipinski definition) is 4. The Morgan fingerprint density at radius 2 is 1.82 bits per heavy atom. The molecule has 1 unspecified atom stereocenters. The average molecular weight is 263 g/mol. The smallest absolute Gasteiger partial charge is 0.217 e. The molecule has 0 aromatic rings. The van der Waals surface area contributed by atoms with Gasteiger partial charge in [0, 0.05) is 25.7 Å². The summed E-state index contributed by atoms with van der Waals surface area (Å²) in [6, 6.07) is 0. The van der Waals surface area contributed by atoms with E-state index < -0.39 is 15.3 Å². The van der Waals surface area contributed by atoms with Gasteiger partial charge in [-0.05, 0) is 40.3 Å². The summed E-state index contributed by atoms with van der Waals surface area (Å²) in [5.41, 5.74) is 5.47. The van der Waals surface area contributed by atoms with Crippen molar-refractivity contribution in [3.63, 3.8) is 0 Å². The quantitative estimate of drug-likeness (QED) is 0.737. The summed E-state index contributed by atoms with van der Waals surface area (Å²) >= 11 is 0. The molecule has 0 heterocycles. The van der Waals surface area contributed by atoms with Crippen molar-refractivity contribution in [2.24, 2.45) is 5.73 Å². The van der Waals surface area contributed by atoms with Crippen LogP contribution in [0.2, 0.25) is 0 Å². The Morgan fingerprint density at radius 3 is 2.12 bits per heavy atom. The minimum absolute atomic E-state index is 0.0239. The highest BCUT2D eigenvalue weighted by molar-refractivity contribution is 7.89. The van der Waals surface area contributed by atoms with Crippen LogP contribution in [0.4, 0.5) is 0 Å². The van der Waals surface area contributed by atoms with Crippen LogP contribution in [0.25, 0.3) is 0 Å². The summed E-state index contributed by atoms with van der Waals surface area (Å²) in [5.74, 6) is 0. The molecule has 0 bridgehead atoms. The number of hydrogen-bond donors (Lipinski definition) is 1. The van der Waals surface area contributed by atoms with Gasteiger partial charge in [-0.1, -0.05) is 0 Å². The number of likely N-dealkylation sites (N-methyl/N-ethyl adjacent to an activating group) is 2. The second-order valence-electron chi connectivity index (χ2n) is 5.32. The Balaban J connectivity index is 2.75. The van der Waals surface area contributed by atoms with Crippen LogP contribution < -0.4 is 5.73 Å². The molecule has 1 fully saturated rings. The maximum Gasteiger partial charge on any atom is 0.217 e. The minimum Gasteiger partial charge on any atom is -0.329 e. The Morgan fingerprint density at radius 1 is 1.29 bits per heavy atom. The first-order valence-electron chi connectivity index (χ1n) is 6.09. The molecule has 17 heavy (non-hydrogen) atoms. The van der Waals surface area contributed by atoms with Crippen LogP contribution in [-0.2, 0) is 10.0 Å². The Labute approximate surface area is 105 Å². The first-order valence-corrected chi connectivity index (χ1v) is 7.59. The van der Waals surface area contributed by atoms with Crippen molar-refractivity contribution >= 4 is 10.0 Å². The Kier molecular flexibility index (Phi) is 4.57. The van der Waals surface area contributed by atoms with E-state index in [1.54, 1.807) is 14.0 Å². The molecule has 0 saturated heterocycles. The van der Waals surface area contributed by atoms with E-state index in [0.717, 1.165) is 12.8 Å². The van der Waals surface area contributed by atoms with E-state index in [2.05, 4.69) is 4.90 Å². The molecular weight excluding hydrogens is 238 g/mol. The fourth-order valence-corrected chi connectivity index (χ4v) is 3.54. The van der Waals surface area contributed by atoms with Crippen LogP contribution in [0.5, 0.6) is 0 Å². The lowest BCUT2D eigenvalue weighted by atomic mass is 9.75. The normalized spacial score (nSPS) is 21.6. The second kappa shape index (κ2) is 5.22. The van der Waals surface area contributed by atoms with Crippen molar-refractivity contribution in [1.82, 2.24) is 9.21 Å². The predicted octanol–water partition coefficient (Wildman–Crippen LogP) is 0.0795. The third kappa shape index (κ3) is 2.81. The molecule has 1 aliphatic rings. The zero-order valence-corrected chi connectivity index (χ0v) is 12.1. The van der Waals surface area contributed by atoms with E-state index in [1.807, 2.05) is 14.1 Å². The molecule has 0 aromatic carbocycles. The largest absolute Gasteiger partial charge is 0.329 e. The molecule has 5 nitrogen and oxygen atoms in total. The number of rotatable bonds is 6. The number of sulfonamides is 1. The van der Waals surface area contributed by atoms with Gasteiger partial charge in [-0.25, -0.2) is 12.7 Å². The van der Waals surface area contributed by atoms with Gasteiger partial charge in [-0.2, -0.15) is 0 Å². The molecule has 6 heteroatoms. The molecule has 2 N–H and O–H groups in total. The highest BCUT2D eigenvalue weighted by Gasteiger charge is 2.42. The third-order valence-electron chi connectivity index (χ3n) is 4.02. The van der Waals surface area contributed by atoms with Crippen LogP contribution in [0.3, 0.4) is 0 Å². The van der Waals surface area contributed by atoms with E-state index in [9.17, 15) is 8.42 Å². The van der Waals surface area contributed by atoms with Crippen LogP contribution in [0, 0.1) is 0 Å². The lowest BCUT2D eigenvalue weighted by Crippen LogP contribution is -2.58. The monoisotopic (exact) mass is 263 g/mol. The van der Waals surface area contributed by atoms with Crippen molar-refractivity contribution in [3.8, 4) is 0 Å². The van der Waals surface area contributed by atoms with Crippen molar-refractivity contribution in [2.45, 2.75) is 37.0 Å². The topological polar surface area (TPSA) is 66.6 Å². The van der Waals surface area contributed by atoms with Crippen molar-refractivity contribution in [1.29, 1.82) is 0 Å². The molecule has 1 atom stereocenters. The van der Waals surface area contributed by atoms with E-state index in [1.165, 1.54) is 10.7 Å². The zero-order chi connectivity index (χ0) is 13.3. The molecule has 0 aliphatic heterocycles. The first-order chi connectivity index (χ1) is 7.76. The summed E-state index contributed by atoms with van der Waals surface area (Å²) in [6.07, 6.45) is 3.31. The average Bonchev–Trinajstić information content (AvgIpc) is 2.20. The fourth-order valence-electron chi connectivity index (χ4n) is 2.26. The number of nitrogens with two attached hydrogens (primary N) is 1. The van der Waals surface area contributed by atoms with E-state index in [0.29, 0.717) is 6.54 Å². The molecule has 0 radical (unpaired) electrons. The van der Waals surface area contributed by atoms with Gasteiger partial charge in [-0.15, -0.1) is 0 Å². The highest BCUT2D eigenvalue weighted by atomic mass is 32.2. The zero-order valence-electron chi connectivity index (χ0n) is 11.3. The van der Waals surface area contributed by atoms with E-state index >= 15 is 0 Å². The van der Waals surface area contributed by atoms with Gasteiger partial charge < -0.3 is 10.6 Å². The first kappa shape index (κ1) is 14.9. The van der Waals surface area contributed by atoms with Crippen LogP contribution in [0.1, 0.15) is 26.2 Å². The van der Waals surface area contributed by atoms with Gasteiger partial charge in [-0.3, -0.25) is 0 Å². The molecule has 1 rings (SSSR count). The Hall–Kier alpha value is -0.170. The standard InChI is InChI=1S/C11H25N3O2S/c1-10(8-12)17(15,16)14(4)9-11(13(2)3)6-5-7-11/h10H,5-9,12H2,1-4H3. The van der Waals surface area contributed by atoms with Crippen molar-refractivity contribution in [2.75, 3.05) is 34.2 Å². The summed E-state index contributed by atoms with van der Waals surface area (Å²) < 4.78 is 25.7. The lowest BCUT2D eigenvalue weighted by molar-refractivity contribution is 0.0454. The SMILES string of the molecule is CC(CN)S(=O)(=O)N(C)CC1(N(C)C)CCC1. The van der Waals surface area contributed by atoms with Gasteiger partial charge in [0.2, 0.25) is 10.0 Å². The molecule has 1 aliphatic carbocycles. The Bertz CT molecular complexity index is 350. The predicted molar refractivity (Wildman–Crippen MR) is 70.3 cm³/mol. The van der Waals surface area contributed by atoms with Gasteiger partial charge in [0.25, 0.3) is 0 Å². The fraction of sp³-hybridized carbons (Fsp3) is 1.00. The van der Waals surface area contributed by atoms with Gasteiger partial charge >= 0.3 is 0 Å². The maximum absolute atomic E-state index is 12.1. The molecule has 102 valence electrons. The summed E-state index contributed by atoms with van der Waals surface area (Å²) in [6.45, 7) is 2.39. The van der Waals surface area contributed by atoms with Gasteiger partial charge in [0.1, 0.15) is 0 Å². The summed E-state index contributed by atoms with van der Waals surface area (Å²) in [4.78, 5) is 2.15. The van der Waals surface area contributed by atoms with Crippen LogP contribution >= 0.6 is 0 Å². The molecular formula is C11H25N3O2S. The highest BCUT2D eigenvalue weighted by Crippen LogP contribution is 2.37. The second-order valence-corrected chi connectivity index (χ2v) is 7.78.